The van der Waals surface area contributed by atoms with Crippen molar-refractivity contribution < 1.29 is 17.6 Å². The summed E-state index contributed by atoms with van der Waals surface area (Å²) in [7, 11) is 0. The molecule has 17 nitrogen and oxygen atoms in total. The van der Waals surface area contributed by atoms with Crippen LogP contribution in [0.1, 0.15) is 85.1 Å². The highest BCUT2D eigenvalue weighted by Crippen LogP contribution is 2.41. The molecule has 10 aromatic carbocycles. The molecule has 0 amide bonds. The second kappa shape index (κ2) is 40.5. The Morgan fingerprint density at radius 3 is 0.836 bits per heavy atom. The number of nitrogens with one attached hydrogen (secondary N) is 7. The molecule has 0 aliphatic rings. The Balaban J connectivity index is 0.000000118. The van der Waals surface area contributed by atoms with E-state index in [-0.39, 0.29) is 50.4 Å². The molecular formula is C102H92F4N12O5S5. The summed E-state index contributed by atoms with van der Waals surface area (Å²) in [6, 6.07) is 63.0. The first-order valence-corrected chi connectivity index (χ1v) is 47.2. The number of unbranched alkanes of at least 4 members (excludes halogenated alkanes) is 1. The van der Waals surface area contributed by atoms with E-state index < -0.39 is 0 Å². The fourth-order valence-corrected chi connectivity index (χ4v) is 21.5. The lowest BCUT2D eigenvalue weighted by atomic mass is 10.1. The number of anilines is 5. The zero-order valence-corrected chi connectivity index (χ0v) is 75.4. The summed E-state index contributed by atoms with van der Waals surface area (Å²) < 4.78 is 63.4. The molecule has 0 saturated carbocycles. The van der Waals surface area contributed by atoms with Crippen molar-refractivity contribution in [2.75, 3.05) is 85.5 Å². The summed E-state index contributed by atoms with van der Waals surface area (Å²) in [5.74, 6) is 1.93. The topological polar surface area (TPSA) is 234 Å². The number of para-hydroxylation sites is 5. The normalized spacial score (nSPS) is 11.5. The van der Waals surface area contributed by atoms with E-state index >= 15 is 0 Å². The van der Waals surface area contributed by atoms with Gasteiger partial charge >= 0.3 is 0 Å². The summed E-state index contributed by atoms with van der Waals surface area (Å²) in [6.45, 7) is 20.2. The SMILES string of the molecule is CCCCNc1nc2ccccc2c2c(=O)c3cccc(F)c3sc12.CCCNCCCNc1nc2ccccc2c2c(=O)c3cc(C)ccc3sc12.CCCNCCCNc1nc2ccccc2c2c(=O)c3cccc(F)c3sc12.CCCNc1nc2ccccc2c2c(=O)c3cccc(F)c3sc12.CCNc1nc2ccccc2c2c(=O)c3cccc(F)c3sc12. The lowest BCUT2D eigenvalue weighted by Gasteiger charge is -2.12. The van der Waals surface area contributed by atoms with Crippen molar-refractivity contribution in [1.82, 2.24) is 35.6 Å². The number of hydrogen-bond acceptors (Lipinski definition) is 22. The minimum Gasteiger partial charge on any atom is -0.369 e. The van der Waals surface area contributed by atoms with Gasteiger partial charge in [-0.3, -0.25) is 24.0 Å². The van der Waals surface area contributed by atoms with Crippen LogP contribution in [0.25, 0.3) is 155 Å². The molecule has 0 unspecified atom stereocenters. The Labute approximate surface area is 753 Å². The molecular weight excluding hydrogens is 1710 g/mol. The maximum absolute atomic E-state index is 14.4. The van der Waals surface area contributed by atoms with Crippen molar-refractivity contribution in [3.63, 3.8) is 0 Å². The van der Waals surface area contributed by atoms with E-state index in [2.05, 4.69) is 80.9 Å². The van der Waals surface area contributed by atoms with Crippen molar-refractivity contribution in [2.45, 2.75) is 86.5 Å². The van der Waals surface area contributed by atoms with Crippen molar-refractivity contribution in [3.8, 4) is 0 Å². The third-order valence-corrected chi connectivity index (χ3v) is 27.9. The fourth-order valence-electron chi connectivity index (χ4n) is 15.7. The van der Waals surface area contributed by atoms with E-state index in [1.807, 2.05) is 147 Å². The number of pyridine rings is 5. The smallest absolute Gasteiger partial charge is 0.196 e. The molecule has 10 aromatic heterocycles. The summed E-state index contributed by atoms with van der Waals surface area (Å²) in [6.07, 6.45) is 7.21. The fraction of sp³-hybridized carbons (Fsp3) is 0.216. The number of benzene rings is 10. The highest BCUT2D eigenvalue weighted by atomic mass is 32.1. The van der Waals surface area contributed by atoms with Crippen LogP contribution in [0.2, 0.25) is 0 Å². The Hall–Kier alpha value is -12.7. The predicted octanol–water partition coefficient (Wildman–Crippen LogP) is 24.7. The first-order valence-electron chi connectivity index (χ1n) is 43.1. The quantitative estimate of drug-likeness (QED) is 0.0136. The van der Waals surface area contributed by atoms with Crippen molar-refractivity contribution >= 4 is 241 Å². The molecule has 10 heterocycles. The second-order valence-electron chi connectivity index (χ2n) is 30.8. The van der Waals surface area contributed by atoms with Crippen LogP contribution in [0.5, 0.6) is 0 Å². The van der Waals surface area contributed by atoms with E-state index in [1.165, 1.54) is 69.6 Å². The maximum atomic E-state index is 14.4. The number of fused-ring (bicyclic) bond motifs is 20. The van der Waals surface area contributed by atoms with Crippen LogP contribution < -0.4 is 64.4 Å². The Kier molecular flexibility index (Phi) is 28.1. The number of aryl methyl sites for hydroxylation is 1. The summed E-state index contributed by atoms with van der Waals surface area (Å²) >= 11 is 6.79. The molecule has 0 atom stereocenters. The van der Waals surface area contributed by atoms with Gasteiger partial charge in [0.25, 0.3) is 0 Å². The van der Waals surface area contributed by atoms with E-state index in [0.717, 1.165) is 188 Å². The lowest BCUT2D eigenvalue weighted by molar-refractivity contribution is 0.641. The number of aromatic nitrogens is 5. The Morgan fingerprint density at radius 2 is 0.531 bits per heavy atom. The van der Waals surface area contributed by atoms with Crippen LogP contribution in [-0.2, 0) is 0 Å². The van der Waals surface area contributed by atoms with Crippen molar-refractivity contribution in [1.29, 1.82) is 0 Å². The second-order valence-corrected chi connectivity index (χ2v) is 36.0. The molecule has 0 aliphatic carbocycles. The van der Waals surface area contributed by atoms with Crippen LogP contribution >= 0.6 is 56.7 Å². The third-order valence-electron chi connectivity index (χ3n) is 21.8. The van der Waals surface area contributed by atoms with Gasteiger partial charge in [0.15, 0.2) is 27.1 Å². The molecule has 0 fully saturated rings. The molecule has 20 rings (SSSR count). The molecule has 0 radical (unpaired) electrons. The van der Waals surface area contributed by atoms with E-state index in [1.54, 1.807) is 59.9 Å². The van der Waals surface area contributed by atoms with Gasteiger partial charge in [0.2, 0.25) is 0 Å². The predicted molar refractivity (Wildman–Crippen MR) is 538 cm³/mol. The Morgan fingerprint density at radius 1 is 0.258 bits per heavy atom. The van der Waals surface area contributed by atoms with E-state index in [4.69, 9.17) is 15.0 Å². The lowest BCUT2D eigenvalue weighted by Crippen LogP contribution is -2.19. The zero-order chi connectivity index (χ0) is 89.1. The van der Waals surface area contributed by atoms with E-state index in [9.17, 15) is 41.5 Å². The molecule has 26 heteroatoms. The van der Waals surface area contributed by atoms with Crippen LogP contribution in [-0.4, -0.2) is 83.8 Å². The van der Waals surface area contributed by atoms with Gasteiger partial charge < -0.3 is 37.2 Å². The van der Waals surface area contributed by atoms with Gasteiger partial charge in [-0.05, 0) is 170 Å². The minimum absolute atomic E-state index is 0.0960. The molecule has 128 heavy (non-hydrogen) atoms. The monoisotopic (exact) mass is 1800 g/mol. The molecule has 0 spiro atoms. The standard InChI is InChI=1S/C23H25N3OS.C22H22FN3OS.C20H17FN2OS.C19H15FN2OS.C18H13FN2OS/c1-3-11-24-12-6-13-25-23-22-20(16-7-4-5-8-18(16)26-23)21(27)17-14-15(2)9-10-19(17)28-22;1-2-11-24-12-6-13-25-22-21-18(14-7-3-4-10-17(14)26-22)19(27)15-8-5-9-16(23)20(15)28-21;1-2-3-11-22-20-19-16(12-7-4-5-10-15(12)23-20)17(24)13-8-6-9-14(21)18(13)25-19;1-2-10-21-19-18-15(11-6-3-4-9-14(11)22-19)16(23)12-7-5-8-13(20)17(12)24-18;1-2-20-18-17-14(10-6-3-4-9-13(10)21-18)15(22)11-7-5-8-12(19)16(11)23-17/h4-5,7-10,14,24H,3,6,11-13H2,1-2H3,(H,25,26);3-5,7-10,24H,2,6,11-13H2,1H3,(H,25,26);4-10H,2-3,11H2,1H3,(H,22,23);3-9H,2,10H2,1H3,(H,21,22);3-9H,2H2,1H3,(H,20,21). The first-order chi connectivity index (χ1) is 62.5. The zero-order valence-electron chi connectivity index (χ0n) is 71.4. The molecule has 20 aromatic rings. The van der Waals surface area contributed by atoms with Crippen LogP contribution in [0, 0.1) is 30.2 Å². The summed E-state index contributed by atoms with van der Waals surface area (Å²) in [5.41, 5.74) is 4.55. The van der Waals surface area contributed by atoms with Gasteiger partial charge in [0.05, 0.1) is 96.8 Å². The number of hydrogen-bond donors (Lipinski definition) is 7. The van der Waals surface area contributed by atoms with Crippen LogP contribution in [0.4, 0.5) is 46.7 Å². The summed E-state index contributed by atoms with van der Waals surface area (Å²) in [4.78, 5) is 89.3. The molecule has 0 bridgehead atoms. The van der Waals surface area contributed by atoms with Gasteiger partial charge in [0, 0.05) is 91.3 Å². The average molecular weight is 1800 g/mol. The first kappa shape index (κ1) is 88.8. The summed E-state index contributed by atoms with van der Waals surface area (Å²) in [5, 5.41) is 33.3. The number of rotatable bonds is 23. The number of halogens is 4. The number of nitrogens with zero attached hydrogens (tertiary/aromatic N) is 5. The van der Waals surface area contributed by atoms with Gasteiger partial charge in [-0.25, -0.2) is 42.5 Å². The molecule has 7 N–H and O–H groups in total. The maximum Gasteiger partial charge on any atom is 0.196 e. The van der Waals surface area contributed by atoms with E-state index in [0.29, 0.717) is 106 Å². The van der Waals surface area contributed by atoms with Gasteiger partial charge in [-0.2, -0.15) is 0 Å². The molecule has 0 saturated heterocycles. The van der Waals surface area contributed by atoms with Gasteiger partial charge in [-0.15, -0.1) is 56.7 Å². The molecule has 648 valence electrons. The largest absolute Gasteiger partial charge is 0.369 e. The highest BCUT2D eigenvalue weighted by Gasteiger charge is 2.23. The Bertz CT molecular complexity index is 7910. The molecule has 0 aliphatic heterocycles. The van der Waals surface area contributed by atoms with Crippen molar-refractivity contribution in [3.05, 3.63) is 292 Å². The van der Waals surface area contributed by atoms with Gasteiger partial charge in [0.1, 0.15) is 52.4 Å². The van der Waals surface area contributed by atoms with Gasteiger partial charge in [-0.1, -0.05) is 161 Å². The van der Waals surface area contributed by atoms with Crippen LogP contribution in [0.15, 0.2) is 236 Å². The third kappa shape index (κ3) is 18.3. The average Bonchev–Trinajstić information content (AvgIpc) is 0.758. The minimum atomic E-state index is -0.373. The van der Waals surface area contributed by atoms with Crippen LogP contribution in [0.3, 0.4) is 0 Å². The van der Waals surface area contributed by atoms with Crippen molar-refractivity contribution in [2.24, 2.45) is 0 Å². The highest BCUT2D eigenvalue weighted by molar-refractivity contribution is 7.27.